The van der Waals surface area contributed by atoms with E-state index in [0.29, 0.717) is 30.2 Å². The first-order valence-corrected chi connectivity index (χ1v) is 13.2. The molecule has 192 valence electrons. The summed E-state index contributed by atoms with van der Waals surface area (Å²) in [5.41, 5.74) is 7.30. The van der Waals surface area contributed by atoms with Crippen molar-refractivity contribution in [2.45, 2.75) is 37.3 Å². The van der Waals surface area contributed by atoms with E-state index in [-0.39, 0.29) is 23.8 Å². The van der Waals surface area contributed by atoms with Gasteiger partial charge in [0.05, 0.1) is 32.2 Å². The maximum Gasteiger partial charge on any atom is 0.355 e. The van der Waals surface area contributed by atoms with Gasteiger partial charge in [-0.25, -0.2) is 4.79 Å². The smallest absolute Gasteiger partial charge is 0.355 e. The van der Waals surface area contributed by atoms with Crippen molar-refractivity contribution in [2.24, 2.45) is 11.1 Å². The number of thioether (sulfide) groups is 1. The lowest BCUT2D eigenvalue weighted by Crippen LogP contribution is -2.70. The number of hydrogen-bond acceptors (Lipinski definition) is 7. The second-order valence-corrected chi connectivity index (χ2v) is 11.2. The zero-order valence-corrected chi connectivity index (χ0v) is 21.1. The van der Waals surface area contributed by atoms with E-state index in [1.54, 1.807) is 31.0 Å². The summed E-state index contributed by atoms with van der Waals surface area (Å²) in [7, 11) is 1.59. The number of benzene rings is 1. The molecular weight excluding hydrogens is 484 g/mol. The minimum atomic E-state index is -0.647. The number of ether oxygens (including phenoxy) is 2. The molecule has 5 aliphatic heterocycles. The monoisotopic (exact) mass is 515 g/mol. The average molecular weight is 516 g/mol. The number of piperidine rings is 3. The van der Waals surface area contributed by atoms with Gasteiger partial charge in [0.1, 0.15) is 36.0 Å². The molecule has 2 atom stereocenters. The van der Waals surface area contributed by atoms with Crippen LogP contribution in [0.1, 0.15) is 24.8 Å². The highest BCUT2D eigenvalue weighted by Crippen LogP contribution is 2.46. The third kappa shape index (κ3) is 4.13. The molecule has 1 aromatic rings. The SMILES string of the molecule is COc1ccc(COC(=O)C2=C(C[N+]34CCC(C(N)=O)(CC3)CC4)CS[C@H]3[C@H](NC=O)C(=O)N23)cc1. The summed E-state index contributed by atoms with van der Waals surface area (Å²) in [6, 6.07) is 6.59. The molecule has 0 radical (unpaired) electrons. The number of β-lactam (4-membered cyclic amide) rings is 1. The van der Waals surface area contributed by atoms with Crippen LogP contribution >= 0.6 is 11.8 Å². The van der Waals surface area contributed by atoms with Crippen LogP contribution in [0.5, 0.6) is 5.75 Å². The first-order valence-electron chi connectivity index (χ1n) is 12.1. The van der Waals surface area contributed by atoms with Gasteiger partial charge in [0.25, 0.3) is 5.91 Å². The van der Waals surface area contributed by atoms with Crippen LogP contribution in [0.15, 0.2) is 35.5 Å². The highest BCUT2D eigenvalue weighted by molar-refractivity contribution is 8.00. The largest absolute Gasteiger partial charge is 0.497 e. The minimum Gasteiger partial charge on any atom is -0.497 e. The molecule has 3 N–H and O–H groups in total. The maximum atomic E-state index is 13.4. The van der Waals surface area contributed by atoms with Crippen LogP contribution in [0.4, 0.5) is 0 Å². The van der Waals surface area contributed by atoms with Crippen molar-refractivity contribution in [2.75, 3.05) is 39.0 Å². The summed E-state index contributed by atoms with van der Waals surface area (Å²) in [5.74, 6) is 0.220. The topological polar surface area (TPSA) is 128 Å². The van der Waals surface area contributed by atoms with Crippen LogP contribution in [0.25, 0.3) is 0 Å². The average Bonchev–Trinajstić information content (AvgIpc) is 2.91. The Morgan fingerprint density at radius 2 is 1.89 bits per heavy atom. The number of rotatable bonds is 9. The number of fused-ring (bicyclic) bond motifs is 4. The summed E-state index contributed by atoms with van der Waals surface area (Å²) in [4.78, 5) is 50.9. The molecule has 0 spiro atoms. The van der Waals surface area contributed by atoms with E-state index in [0.717, 1.165) is 54.5 Å². The molecule has 1 aromatic carbocycles. The van der Waals surface area contributed by atoms with Gasteiger partial charge in [-0.15, -0.1) is 11.8 Å². The Kier molecular flexibility index (Phi) is 6.46. The highest BCUT2D eigenvalue weighted by Gasteiger charge is 2.56. The number of quaternary nitrogens is 1. The van der Waals surface area contributed by atoms with Crippen LogP contribution < -0.4 is 15.8 Å². The van der Waals surface area contributed by atoms with Gasteiger partial charge in [-0.1, -0.05) is 12.1 Å². The molecule has 6 rings (SSSR count). The van der Waals surface area contributed by atoms with Gasteiger partial charge < -0.3 is 25.0 Å². The number of esters is 1. The Morgan fingerprint density at radius 1 is 1.22 bits per heavy atom. The fourth-order valence-corrected chi connectivity index (χ4v) is 7.25. The van der Waals surface area contributed by atoms with Crippen LogP contribution in [0, 0.1) is 5.41 Å². The van der Waals surface area contributed by atoms with Gasteiger partial charge in [-0.05, 0) is 17.7 Å². The first-order chi connectivity index (χ1) is 17.3. The van der Waals surface area contributed by atoms with Gasteiger partial charge in [-0.3, -0.25) is 19.3 Å². The van der Waals surface area contributed by atoms with E-state index in [1.165, 1.54) is 4.90 Å². The molecule has 36 heavy (non-hydrogen) atoms. The second-order valence-electron chi connectivity index (χ2n) is 10.1. The summed E-state index contributed by atoms with van der Waals surface area (Å²) in [6.07, 6.45) is 2.76. The number of carbonyl (C=O) groups is 4. The maximum absolute atomic E-state index is 13.4. The number of amides is 3. The minimum absolute atomic E-state index is 0.0661. The quantitative estimate of drug-likeness (QED) is 0.212. The summed E-state index contributed by atoms with van der Waals surface area (Å²) >= 11 is 1.55. The molecule has 4 fully saturated rings. The molecule has 4 saturated heterocycles. The standard InChI is InChI=1S/C25H30N4O6S/c1-34-18-4-2-16(3-5-18)13-35-23(32)20-17(14-36-22-19(27-15-30)21(31)28(20)22)12-29-9-6-25(7-10-29,8-11-29)24(26)33/h2-5,15,19,22H,6-14H2,1H3,(H2-,26,27,30,33)/p+1/t19-,22+,25?,29?/m1/s1. The van der Waals surface area contributed by atoms with Gasteiger partial charge >= 0.3 is 5.97 Å². The Labute approximate surface area is 213 Å². The number of hydrogen-bond donors (Lipinski definition) is 2. The zero-order chi connectivity index (χ0) is 25.5. The van der Waals surface area contributed by atoms with Crippen molar-refractivity contribution in [3.8, 4) is 5.75 Å². The number of primary amides is 1. The number of nitrogens with zero attached hydrogens (tertiary/aromatic N) is 2. The molecule has 5 heterocycles. The summed E-state index contributed by atoms with van der Waals surface area (Å²) in [6.45, 7) is 3.14. The van der Waals surface area contributed by atoms with E-state index in [2.05, 4.69) is 5.32 Å². The molecule has 2 bridgehead atoms. The van der Waals surface area contributed by atoms with Crippen molar-refractivity contribution in [3.63, 3.8) is 0 Å². The molecule has 0 aromatic heterocycles. The Hall–Kier alpha value is -3.05. The van der Waals surface area contributed by atoms with Crippen molar-refractivity contribution < 1.29 is 33.1 Å². The lowest BCUT2D eigenvalue weighted by atomic mass is 9.70. The zero-order valence-electron chi connectivity index (χ0n) is 20.2. The fraction of sp³-hybridized carbons (Fsp3) is 0.520. The summed E-state index contributed by atoms with van der Waals surface area (Å²) < 4.78 is 11.6. The van der Waals surface area contributed by atoms with Crippen molar-refractivity contribution >= 4 is 36.0 Å². The molecule has 0 unspecified atom stereocenters. The van der Waals surface area contributed by atoms with Crippen LogP contribution in [-0.4, -0.2) is 84.0 Å². The van der Waals surface area contributed by atoms with Crippen LogP contribution in [-0.2, 0) is 30.5 Å². The van der Waals surface area contributed by atoms with E-state index in [1.807, 2.05) is 12.1 Å². The van der Waals surface area contributed by atoms with E-state index >= 15 is 0 Å². The molecule has 11 heteroatoms. The molecule has 0 saturated carbocycles. The van der Waals surface area contributed by atoms with E-state index in [4.69, 9.17) is 15.2 Å². The van der Waals surface area contributed by atoms with Gasteiger partial charge in [0, 0.05) is 30.6 Å². The van der Waals surface area contributed by atoms with Crippen LogP contribution in [0.3, 0.4) is 0 Å². The summed E-state index contributed by atoms with van der Waals surface area (Å²) in [5, 5.41) is 2.24. The molecule has 3 amide bonds. The van der Waals surface area contributed by atoms with Crippen molar-refractivity contribution in [1.29, 1.82) is 0 Å². The highest BCUT2D eigenvalue weighted by atomic mass is 32.2. The van der Waals surface area contributed by atoms with Gasteiger partial charge in [0.15, 0.2) is 0 Å². The predicted octanol–water partition coefficient (Wildman–Crippen LogP) is 0.508. The Balaban J connectivity index is 1.38. The fourth-order valence-electron chi connectivity index (χ4n) is 5.90. The number of nitrogens with one attached hydrogen (secondary N) is 1. The van der Waals surface area contributed by atoms with E-state index < -0.39 is 17.4 Å². The lowest BCUT2D eigenvalue weighted by molar-refractivity contribution is -0.940. The lowest BCUT2D eigenvalue weighted by Gasteiger charge is -2.55. The number of nitrogens with two attached hydrogens (primary N) is 1. The Bertz CT molecular complexity index is 1100. The molecule has 0 aliphatic carbocycles. The first kappa shape index (κ1) is 24.6. The predicted molar refractivity (Wildman–Crippen MR) is 131 cm³/mol. The van der Waals surface area contributed by atoms with Crippen molar-refractivity contribution in [3.05, 3.63) is 41.1 Å². The molecule has 10 nitrogen and oxygen atoms in total. The van der Waals surface area contributed by atoms with Gasteiger partial charge in [0.2, 0.25) is 12.3 Å². The third-order valence-corrected chi connectivity index (χ3v) is 9.60. The van der Waals surface area contributed by atoms with E-state index in [9.17, 15) is 19.2 Å². The van der Waals surface area contributed by atoms with Crippen molar-refractivity contribution in [1.82, 2.24) is 10.2 Å². The Morgan fingerprint density at radius 3 is 2.47 bits per heavy atom. The van der Waals surface area contributed by atoms with Gasteiger partial charge in [-0.2, -0.15) is 0 Å². The number of carbonyl (C=O) groups excluding carboxylic acids is 4. The molecular formula is C25H31N4O6S+. The van der Waals surface area contributed by atoms with Crippen LogP contribution in [0.2, 0.25) is 0 Å². The second kappa shape index (κ2) is 9.44. The third-order valence-electron chi connectivity index (χ3n) is 8.26. The molecule has 5 aliphatic rings. The number of methoxy groups -OCH3 is 1. The normalized spacial score (nSPS) is 30.8.